The number of hydrogen-bond donors (Lipinski definition) is 0. The van der Waals surface area contributed by atoms with Crippen molar-refractivity contribution < 1.29 is 0 Å². The molecule has 0 aromatic carbocycles. The largest absolute Gasteiger partial charge is 0.219 e. The summed E-state index contributed by atoms with van der Waals surface area (Å²) in [7, 11) is 3.87. The zero-order valence-electron chi connectivity index (χ0n) is 5.62. The van der Waals surface area contributed by atoms with Gasteiger partial charge in [0, 0.05) is 0 Å². The number of hydrogen-bond acceptors (Lipinski definition) is 4. The first-order chi connectivity index (χ1) is 4.75. The van der Waals surface area contributed by atoms with E-state index < -0.39 is 0 Å². The van der Waals surface area contributed by atoms with Crippen LogP contribution in [0.3, 0.4) is 0 Å². The van der Waals surface area contributed by atoms with Crippen LogP contribution in [0, 0.1) is 0 Å². The minimum atomic E-state index is 0.215. The van der Waals surface area contributed by atoms with Crippen molar-refractivity contribution in [2.75, 3.05) is 0 Å². The predicted molar refractivity (Wildman–Crippen MR) is 54.0 cm³/mol. The van der Waals surface area contributed by atoms with Gasteiger partial charge >= 0.3 is 0 Å². The number of rotatable bonds is 0. The van der Waals surface area contributed by atoms with Crippen LogP contribution in [0.15, 0.2) is 9.98 Å². The summed E-state index contributed by atoms with van der Waals surface area (Å²) in [5.41, 5.74) is 0. The lowest BCUT2D eigenvalue weighted by atomic mass is 10.8. The molecule has 0 aromatic rings. The van der Waals surface area contributed by atoms with Crippen LogP contribution in [-0.4, -0.2) is 15.2 Å². The Morgan fingerprint density at radius 1 is 1.10 bits per heavy atom. The van der Waals surface area contributed by atoms with Gasteiger partial charge in [0.2, 0.25) is 0 Å². The maximum atomic E-state index is 4.30. The molecule has 0 spiro atoms. The Hall–Kier alpha value is 0.260. The third-order valence-corrected chi connectivity index (χ3v) is 6.97. The Morgan fingerprint density at radius 2 is 1.60 bits per heavy atom. The van der Waals surface area contributed by atoms with E-state index in [0.717, 1.165) is 15.2 Å². The van der Waals surface area contributed by atoms with E-state index in [4.69, 9.17) is 0 Å². The highest BCUT2D eigenvalue weighted by Crippen LogP contribution is 2.52. The van der Waals surface area contributed by atoms with Gasteiger partial charge in [-0.15, -0.1) is 0 Å². The molecule has 2 aliphatic heterocycles. The van der Waals surface area contributed by atoms with Gasteiger partial charge in [-0.2, -0.15) is 0 Å². The van der Waals surface area contributed by atoms with Crippen LogP contribution >= 0.6 is 30.1 Å². The van der Waals surface area contributed by atoms with Crippen LogP contribution in [-0.2, 0) is 0 Å². The SMILES string of the molecule is CC1=NC2=S(S1)SC(C)=N2. The highest BCUT2D eigenvalue weighted by Gasteiger charge is 2.21. The van der Waals surface area contributed by atoms with Crippen LogP contribution < -0.4 is 0 Å². The van der Waals surface area contributed by atoms with Crippen molar-refractivity contribution in [3.63, 3.8) is 0 Å². The van der Waals surface area contributed by atoms with E-state index in [0.29, 0.717) is 0 Å². The molecule has 2 heterocycles. The van der Waals surface area contributed by atoms with Crippen LogP contribution in [0.5, 0.6) is 0 Å². The van der Waals surface area contributed by atoms with Crippen molar-refractivity contribution in [2.24, 2.45) is 9.98 Å². The molecule has 0 aliphatic carbocycles. The first-order valence-electron chi connectivity index (χ1n) is 2.84. The lowest BCUT2D eigenvalue weighted by Crippen LogP contribution is -1.85. The third-order valence-electron chi connectivity index (χ3n) is 1.05. The van der Waals surface area contributed by atoms with E-state index >= 15 is 0 Å². The monoisotopic (exact) mass is 190 g/mol. The first kappa shape index (κ1) is 6.94. The summed E-state index contributed by atoms with van der Waals surface area (Å²) in [5.74, 6) is 0. The third kappa shape index (κ3) is 1.06. The molecule has 0 saturated carbocycles. The van der Waals surface area contributed by atoms with Crippen molar-refractivity contribution in [1.82, 2.24) is 0 Å². The zero-order chi connectivity index (χ0) is 7.14. The fourth-order valence-corrected chi connectivity index (χ4v) is 6.74. The van der Waals surface area contributed by atoms with Crippen molar-refractivity contribution in [2.45, 2.75) is 13.8 Å². The van der Waals surface area contributed by atoms with E-state index in [1.807, 2.05) is 35.4 Å². The molecule has 54 valence electrons. The first-order valence-corrected chi connectivity index (χ1v) is 6.73. The van der Waals surface area contributed by atoms with Gasteiger partial charge in [0.15, 0.2) is 5.11 Å². The molecule has 5 heteroatoms. The van der Waals surface area contributed by atoms with E-state index in [1.54, 1.807) is 0 Å². The second-order valence-electron chi connectivity index (χ2n) is 1.95. The molecular formula is C5H6N2S3. The Bertz CT molecular complexity index is 251. The maximum absolute atomic E-state index is 4.30. The Morgan fingerprint density at radius 3 is 2.00 bits per heavy atom. The summed E-state index contributed by atoms with van der Waals surface area (Å²) < 4.78 is 0. The number of aliphatic imine (C=N–C) groups is 2. The van der Waals surface area contributed by atoms with Crippen LogP contribution in [0.1, 0.15) is 13.8 Å². The second-order valence-corrected chi connectivity index (χ2v) is 7.93. The second kappa shape index (κ2) is 2.39. The summed E-state index contributed by atoms with van der Waals surface area (Å²) in [6.45, 7) is 4.07. The van der Waals surface area contributed by atoms with Crippen molar-refractivity contribution in [3.8, 4) is 0 Å². The topological polar surface area (TPSA) is 24.7 Å². The van der Waals surface area contributed by atoms with E-state index in [1.165, 1.54) is 0 Å². The van der Waals surface area contributed by atoms with Gasteiger partial charge in [-0.3, -0.25) is 0 Å². The Balaban J connectivity index is 2.33. The lowest BCUT2D eigenvalue weighted by Gasteiger charge is -1.92. The maximum Gasteiger partial charge on any atom is 0.200 e. The van der Waals surface area contributed by atoms with Gasteiger partial charge < -0.3 is 0 Å². The highest BCUT2D eigenvalue weighted by atomic mass is 33.5. The quantitative estimate of drug-likeness (QED) is 0.433. The summed E-state index contributed by atoms with van der Waals surface area (Å²) in [6, 6.07) is 0. The summed E-state index contributed by atoms with van der Waals surface area (Å²) >= 11 is 0. The minimum Gasteiger partial charge on any atom is -0.219 e. The molecular weight excluding hydrogens is 184 g/mol. The van der Waals surface area contributed by atoms with Crippen LogP contribution in [0.25, 0.3) is 0 Å². The van der Waals surface area contributed by atoms with Gasteiger partial charge in [0.1, 0.15) is 0 Å². The molecule has 0 N–H and O–H groups in total. The van der Waals surface area contributed by atoms with Gasteiger partial charge in [-0.25, -0.2) is 9.98 Å². The summed E-state index contributed by atoms with van der Waals surface area (Å²) in [5, 5.41) is 3.34. The molecule has 2 nitrogen and oxygen atoms in total. The highest BCUT2D eigenvalue weighted by molar-refractivity contribution is 9.21. The van der Waals surface area contributed by atoms with Crippen LogP contribution in [0.4, 0.5) is 0 Å². The van der Waals surface area contributed by atoms with Crippen molar-refractivity contribution in [3.05, 3.63) is 0 Å². The molecule has 0 aromatic heterocycles. The fraction of sp³-hybridized carbons (Fsp3) is 0.400. The van der Waals surface area contributed by atoms with E-state index in [-0.39, 0.29) is 8.55 Å². The minimum absolute atomic E-state index is 0.215. The predicted octanol–water partition coefficient (Wildman–Crippen LogP) is 2.50. The molecule has 0 amide bonds. The van der Waals surface area contributed by atoms with Gasteiger partial charge in [0.05, 0.1) is 10.1 Å². The molecule has 10 heavy (non-hydrogen) atoms. The van der Waals surface area contributed by atoms with Gasteiger partial charge in [-0.05, 0) is 44.0 Å². The molecule has 0 atom stereocenters. The molecule has 2 rings (SSSR count). The molecule has 0 bridgehead atoms. The normalized spacial score (nSPS) is 24.8. The lowest BCUT2D eigenvalue weighted by molar-refractivity contribution is 1.60. The Kier molecular flexibility index (Phi) is 1.66. The molecule has 0 unspecified atom stereocenters. The fourth-order valence-electron chi connectivity index (χ4n) is 0.717. The van der Waals surface area contributed by atoms with Crippen LogP contribution in [0.2, 0.25) is 0 Å². The smallest absolute Gasteiger partial charge is 0.200 e. The molecule has 2 aliphatic rings. The average molecular weight is 190 g/mol. The number of nitrogens with zero attached hydrogens (tertiary/aromatic N) is 2. The summed E-state index contributed by atoms with van der Waals surface area (Å²) in [6.07, 6.45) is 0. The van der Waals surface area contributed by atoms with E-state index in [9.17, 15) is 0 Å². The van der Waals surface area contributed by atoms with Crippen molar-refractivity contribution in [1.29, 1.82) is 0 Å². The average Bonchev–Trinajstić information content (AvgIpc) is 2.21. The Labute approximate surface area is 69.3 Å². The van der Waals surface area contributed by atoms with Gasteiger partial charge in [-0.1, -0.05) is 0 Å². The van der Waals surface area contributed by atoms with Gasteiger partial charge in [0.25, 0.3) is 0 Å². The molecule has 0 radical (unpaired) electrons. The zero-order valence-corrected chi connectivity index (χ0v) is 8.07. The molecule has 0 fully saturated rings. The summed E-state index contributed by atoms with van der Waals surface area (Å²) in [4.78, 5) is 8.60. The molecule has 0 saturated heterocycles. The standard InChI is InChI=1S/C5H6N2S3/c1-3-6-5-7-4(2)9-10(5)8-3/h1-2H3. The van der Waals surface area contributed by atoms with E-state index in [2.05, 4.69) is 9.98 Å². The van der Waals surface area contributed by atoms with Crippen molar-refractivity contribution >= 4 is 45.3 Å².